The molecule has 0 bridgehead atoms. The van der Waals surface area contributed by atoms with Crippen molar-refractivity contribution in [2.24, 2.45) is 0 Å². The van der Waals surface area contributed by atoms with Gasteiger partial charge in [0.15, 0.2) is 5.60 Å². The lowest BCUT2D eigenvalue weighted by Gasteiger charge is -2.25. The maximum absolute atomic E-state index is 13.0. The van der Waals surface area contributed by atoms with Gasteiger partial charge in [-0.05, 0) is 13.8 Å². The van der Waals surface area contributed by atoms with Gasteiger partial charge in [0, 0.05) is 30.5 Å². The molecule has 1 rings (SSSR count). The molecule has 0 radical (unpaired) electrons. The number of hydrogen-bond acceptors (Lipinski definition) is 3. The Morgan fingerprint density at radius 3 is 2.39 bits per heavy atom. The number of carbonyl (C=O) groups excluding carboxylic acids is 1. The molecule has 6 heteroatoms. The Bertz CT molecular complexity index is 418. The minimum atomic E-state index is -1.22. The van der Waals surface area contributed by atoms with Crippen molar-refractivity contribution in [2.75, 3.05) is 12.3 Å². The average molecular weight is 275 g/mol. The van der Waals surface area contributed by atoms with Crippen LogP contribution in [-0.2, 0) is 4.79 Å². The Hall–Kier alpha value is -1.30. The molecule has 0 heterocycles. The van der Waals surface area contributed by atoms with Crippen molar-refractivity contribution in [1.29, 1.82) is 0 Å². The fraction of sp³-hybridized carbons (Fsp3) is 0.417. The molecule has 0 saturated heterocycles. The molecule has 100 valence electrons. The number of rotatable bonds is 5. The fourth-order valence-corrected chi connectivity index (χ4v) is 1.42. The molecule has 1 amide bonds. The number of ether oxygens (including phenoxy) is 1. The van der Waals surface area contributed by atoms with Crippen LogP contribution in [0.5, 0.6) is 5.75 Å². The second kappa shape index (κ2) is 6.04. The van der Waals surface area contributed by atoms with Gasteiger partial charge in [-0.3, -0.25) is 4.79 Å². The molecule has 0 aliphatic rings. The van der Waals surface area contributed by atoms with Gasteiger partial charge in [0.05, 0.1) is 0 Å². The van der Waals surface area contributed by atoms with Crippen LogP contribution in [0.2, 0.25) is 0 Å². The summed E-state index contributed by atoms with van der Waals surface area (Å²) in [6.07, 6.45) is 0. The molecule has 0 spiro atoms. The number of carbonyl (C=O) groups is 1. The Morgan fingerprint density at radius 1 is 1.33 bits per heavy atom. The predicted octanol–water partition coefficient (Wildman–Crippen LogP) is 2.17. The van der Waals surface area contributed by atoms with Crippen LogP contribution in [-0.4, -0.2) is 23.8 Å². The minimum absolute atomic E-state index is 0.0291. The first-order valence-electron chi connectivity index (χ1n) is 5.39. The van der Waals surface area contributed by atoms with Gasteiger partial charge in [-0.15, -0.1) is 0 Å². The van der Waals surface area contributed by atoms with Crippen molar-refractivity contribution in [2.45, 2.75) is 19.4 Å². The quantitative estimate of drug-likeness (QED) is 0.808. The minimum Gasteiger partial charge on any atom is -0.478 e. The third-order valence-electron chi connectivity index (χ3n) is 2.15. The highest BCUT2D eigenvalue weighted by Crippen LogP contribution is 2.21. The molecule has 0 fully saturated rings. The molecule has 0 atom stereocenters. The summed E-state index contributed by atoms with van der Waals surface area (Å²) >= 11 is 3.96. The number of benzene rings is 1. The third-order valence-corrected chi connectivity index (χ3v) is 2.38. The highest BCUT2D eigenvalue weighted by molar-refractivity contribution is 7.80. The summed E-state index contributed by atoms with van der Waals surface area (Å²) in [5.74, 6) is -1.41. The lowest BCUT2D eigenvalue weighted by Crippen LogP contribution is -2.47. The Labute approximate surface area is 110 Å². The summed E-state index contributed by atoms with van der Waals surface area (Å²) < 4.78 is 31.3. The van der Waals surface area contributed by atoms with E-state index in [9.17, 15) is 13.6 Å². The highest BCUT2D eigenvalue weighted by atomic mass is 32.1. The summed E-state index contributed by atoms with van der Waals surface area (Å²) in [5.41, 5.74) is -1.22. The van der Waals surface area contributed by atoms with E-state index >= 15 is 0 Å². The van der Waals surface area contributed by atoms with Gasteiger partial charge in [0.1, 0.15) is 17.4 Å². The third kappa shape index (κ3) is 4.18. The smallest absolute Gasteiger partial charge is 0.263 e. The lowest BCUT2D eigenvalue weighted by atomic mass is 10.1. The molecule has 18 heavy (non-hydrogen) atoms. The normalized spacial score (nSPS) is 11.2. The first kappa shape index (κ1) is 14.8. The van der Waals surface area contributed by atoms with E-state index in [4.69, 9.17) is 4.74 Å². The van der Waals surface area contributed by atoms with E-state index in [1.807, 2.05) is 0 Å². The van der Waals surface area contributed by atoms with Gasteiger partial charge in [-0.1, -0.05) is 0 Å². The first-order chi connectivity index (χ1) is 8.35. The maximum Gasteiger partial charge on any atom is 0.263 e. The lowest BCUT2D eigenvalue weighted by molar-refractivity contribution is -0.134. The van der Waals surface area contributed by atoms with Crippen molar-refractivity contribution >= 4 is 18.5 Å². The van der Waals surface area contributed by atoms with E-state index in [2.05, 4.69) is 17.9 Å². The van der Waals surface area contributed by atoms with Crippen molar-refractivity contribution in [3.8, 4) is 5.75 Å². The molecular formula is C12H15F2NO2S. The highest BCUT2D eigenvalue weighted by Gasteiger charge is 2.29. The molecule has 0 aliphatic carbocycles. The molecule has 0 saturated carbocycles. The summed E-state index contributed by atoms with van der Waals surface area (Å²) in [6, 6.07) is 2.79. The Balaban J connectivity index is 2.78. The predicted molar refractivity (Wildman–Crippen MR) is 67.9 cm³/mol. The van der Waals surface area contributed by atoms with Crippen LogP contribution in [0.1, 0.15) is 13.8 Å². The van der Waals surface area contributed by atoms with E-state index in [1.165, 1.54) is 13.8 Å². The van der Waals surface area contributed by atoms with E-state index in [0.29, 0.717) is 12.3 Å². The molecule has 3 nitrogen and oxygen atoms in total. The summed E-state index contributed by atoms with van der Waals surface area (Å²) in [4.78, 5) is 11.7. The van der Waals surface area contributed by atoms with Gasteiger partial charge >= 0.3 is 0 Å². The van der Waals surface area contributed by atoms with Gasteiger partial charge in [0.25, 0.3) is 5.91 Å². The van der Waals surface area contributed by atoms with Crippen LogP contribution < -0.4 is 10.1 Å². The van der Waals surface area contributed by atoms with Crippen LogP contribution in [0.25, 0.3) is 0 Å². The fourth-order valence-electron chi connectivity index (χ4n) is 1.31. The van der Waals surface area contributed by atoms with Crippen molar-refractivity contribution in [1.82, 2.24) is 5.32 Å². The number of nitrogens with one attached hydrogen (secondary N) is 1. The average Bonchev–Trinajstić information content (AvgIpc) is 2.23. The Morgan fingerprint density at radius 2 is 1.89 bits per heavy atom. The SMILES string of the molecule is CC(C)(Oc1cc(F)cc(F)c1)C(=O)NCCS. The zero-order valence-corrected chi connectivity index (χ0v) is 11.1. The molecule has 1 aromatic rings. The number of thiol groups is 1. The second-order valence-corrected chi connectivity index (χ2v) is 4.64. The molecule has 0 unspecified atom stereocenters. The molecule has 1 N–H and O–H groups in total. The van der Waals surface area contributed by atoms with Gasteiger partial charge in [-0.2, -0.15) is 12.6 Å². The largest absolute Gasteiger partial charge is 0.478 e. The van der Waals surface area contributed by atoms with Crippen LogP contribution in [0.4, 0.5) is 8.78 Å². The molecule has 0 aromatic heterocycles. The standard InChI is InChI=1S/C12H15F2NO2S/c1-12(2,11(16)15-3-4-18)17-10-6-8(13)5-9(14)7-10/h5-7,18H,3-4H2,1-2H3,(H,15,16). The zero-order valence-electron chi connectivity index (χ0n) is 10.2. The van der Waals surface area contributed by atoms with Gasteiger partial charge < -0.3 is 10.1 Å². The van der Waals surface area contributed by atoms with Crippen LogP contribution in [0.3, 0.4) is 0 Å². The van der Waals surface area contributed by atoms with Crippen molar-refractivity contribution in [3.05, 3.63) is 29.8 Å². The number of halogens is 2. The molecular weight excluding hydrogens is 260 g/mol. The van der Waals surface area contributed by atoms with Gasteiger partial charge in [-0.25, -0.2) is 8.78 Å². The Kier molecular flexibility index (Phi) is 4.95. The van der Waals surface area contributed by atoms with Crippen molar-refractivity contribution < 1.29 is 18.3 Å². The van der Waals surface area contributed by atoms with Crippen molar-refractivity contribution in [3.63, 3.8) is 0 Å². The van der Waals surface area contributed by atoms with Crippen LogP contribution >= 0.6 is 12.6 Å². The maximum atomic E-state index is 13.0. The molecule has 0 aliphatic heterocycles. The number of amides is 1. The van der Waals surface area contributed by atoms with Gasteiger partial charge in [0.2, 0.25) is 0 Å². The monoisotopic (exact) mass is 275 g/mol. The number of hydrogen-bond donors (Lipinski definition) is 2. The first-order valence-corrected chi connectivity index (χ1v) is 6.02. The van der Waals surface area contributed by atoms with E-state index in [0.717, 1.165) is 18.2 Å². The van der Waals surface area contributed by atoms with Crippen LogP contribution in [0.15, 0.2) is 18.2 Å². The second-order valence-electron chi connectivity index (χ2n) is 4.20. The van der Waals surface area contributed by atoms with E-state index < -0.39 is 17.2 Å². The van der Waals surface area contributed by atoms with E-state index in [1.54, 1.807) is 0 Å². The topological polar surface area (TPSA) is 38.3 Å². The van der Waals surface area contributed by atoms with Crippen LogP contribution in [0, 0.1) is 11.6 Å². The summed E-state index contributed by atoms with van der Waals surface area (Å²) in [7, 11) is 0. The molecule has 1 aromatic carbocycles. The zero-order chi connectivity index (χ0) is 13.8. The van der Waals surface area contributed by atoms with E-state index in [-0.39, 0.29) is 11.7 Å². The summed E-state index contributed by atoms with van der Waals surface area (Å²) in [5, 5.41) is 2.59. The summed E-state index contributed by atoms with van der Waals surface area (Å²) in [6.45, 7) is 3.43.